The highest BCUT2D eigenvalue weighted by molar-refractivity contribution is 5.69. The summed E-state index contributed by atoms with van der Waals surface area (Å²) in [5.41, 5.74) is -0.513. The van der Waals surface area contributed by atoms with Crippen LogP contribution in [0.25, 0.3) is 0 Å². The van der Waals surface area contributed by atoms with Crippen molar-refractivity contribution in [1.29, 1.82) is 0 Å². The number of rotatable bonds is 4. The molecular weight excluding hydrogens is 236 g/mol. The van der Waals surface area contributed by atoms with Crippen LogP contribution in [0, 0.1) is 0 Å². The SMILES string of the molecule is CC(C)(C)OC(=O)NC[C@@H]1CCCN1CC(=O)O. The number of hydrogen-bond acceptors (Lipinski definition) is 4. The van der Waals surface area contributed by atoms with Gasteiger partial charge in [-0.2, -0.15) is 0 Å². The topological polar surface area (TPSA) is 78.9 Å². The molecule has 104 valence electrons. The van der Waals surface area contributed by atoms with Crippen molar-refractivity contribution in [3.8, 4) is 0 Å². The maximum Gasteiger partial charge on any atom is 0.407 e. The first kappa shape index (κ1) is 14.8. The van der Waals surface area contributed by atoms with Crippen LogP contribution >= 0.6 is 0 Å². The molecule has 0 aromatic rings. The molecule has 1 heterocycles. The molecule has 0 bridgehead atoms. The molecule has 0 aromatic heterocycles. The number of likely N-dealkylation sites (tertiary alicyclic amines) is 1. The Morgan fingerprint density at radius 3 is 2.67 bits per heavy atom. The zero-order valence-electron chi connectivity index (χ0n) is 11.2. The van der Waals surface area contributed by atoms with Crippen LogP contribution in [0.15, 0.2) is 0 Å². The van der Waals surface area contributed by atoms with E-state index >= 15 is 0 Å². The molecular formula is C12H22N2O4. The normalized spacial score (nSPS) is 20.7. The fourth-order valence-electron chi connectivity index (χ4n) is 2.02. The lowest BCUT2D eigenvalue weighted by Gasteiger charge is -2.24. The van der Waals surface area contributed by atoms with E-state index in [1.807, 2.05) is 4.90 Å². The summed E-state index contributed by atoms with van der Waals surface area (Å²) in [6.45, 7) is 6.65. The van der Waals surface area contributed by atoms with Crippen molar-refractivity contribution in [3.05, 3.63) is 0 Å². The van der Waals surface area contributed by atoms with Crippen molar-refractivity contribution >= 4 is 12.1 Å². The second-order valence-electron chi connectivity index (χ2n) is 5.54. The second-order valence-corrected chi connectivity index (χ2v) is 5.54. The number of carboxylic acid groups (broad SMARTS) is 1. The monoisotopic (exact) mass is 258 g/mol. The van der Waals surface area contributed by atoms with E-state index < -0.39 is 17.7 Å². The summed E-state index contributed by atoms with van der Waals surface area (Å²) in [4.78, 5) is 24.0. The van der Waals surface area contributed by atoms with Gasteiger partial charge < -0.3 is 15.2 Å². The highest BCUT2D eigenvalue weighted by Gasteiger charge is 2.27. The summed E-state index contributed by atoms with van der Waals surface area (Å²) in [5.74, 6) is -0.834. The molecule has 1 rings (SSSR count). The quantitative estimate of drug-likeness (QED) is 0.788. The molecule has 0 aliphatic carbocycles. The Bertz CT molecular complexity index is 312. The summed E-state index contributed by atoms with van der Waals surface area (Å²) in [6.07, 6.45) is 1.42. The standard InChI is InChI=1S/C12H22N2O4/c1-12(2,3)18-11(17)13-7-9-5-4-6-14(9)8-10(15)16/h9H,4-8H2,1-3H3,(H,13,17)(H,15,16)/t9-/m0/s1. The molecule has 6 nitrogen and oxygen atoms in total. The van der Waals surface area contributed by atoms with E-state index in [1.165, 1.54) is 0 Å². The fourth-order valence-corrected chi connectivity index (χ4v) is 2.02. The van der Waals surface area contributed by atoms with Crippen molar-refractivity contribution in [2.45, 2.75) is 45.3 Å². The minimum Gasteiger partial charge on any atom is -0.480 e. The van der Waals surface area contributed by atoms with Gasteiger partial charge in [0.1, 0.15) is 5.60 Å². The number of aliphatic carboxylic acids is 1. The summed E-state index contributed by atoms with van der Waals surface area (Å²) in [6, 6.07) is 0.0913. The Balaban J connectivity index is 2.34. The highest BCUT2D eigenvalue weighted by Crippen LogP contribution is 2.16. The molecule has 1 aliphatic heterocycles. The van der Waals surface area contributed by atoms with Gasteiger partial charge in [-0.25, -0.2) is 4.79 Å². The summed E-state index contributed by atoms with van der Waals surface area (Å²) in [5, 5.41) is 11.5. The molecule has 6 heteroatoms. The number of nitrogens with zero attached hydrogens (tertiary/aromatic N) is 1. The predicted octanol–water partition coefficient (Wildman–Crippen LogP) is 1.06. The molecule has 18 heavy (non-hydrogen) atoms. The van der Waals surface area contributed by atoms with E-state index in [2.05, 4.69) is 5.32 Å². The molecule has 1 aliphatic rings. The van der Waals surface area contributed by atoms with E-state index in [-0.39, 0.29) is 12.6 Å². The maximum atomic E-state index is 11.5. The molecule has 1 saturated heterocycles. The lowest BCUT2D eigenvalue weighted by Crippen LogP contribution is -2.43. The minimum absolute atomic E-state index is 0.0284. The molecule has 0 saturated carbocycles. The van der Waals surface area contributed by atoms with Gasteiger partial charge in [0.2, 0.25) is 0 Å². The third-order valence-corrected chi connectivity index (χ3v) is 2.72. The number of alkyl carbamates (subject to hydrolysis) is 1. The van der Waals surface area contributed by atoms with E-state index in [0.29, 0.717) is 6.54 Å². The average molecular weight is 258 g/mol. The van der Waals surface area contributed by atoms with Crippen molar-refractivity contribution in [3.63, 3.8) is 0 Å². The molecule has 1 atom stereocenters. The Morgan fingerprint density at radius 2 is 2.11 bits per heavy atom. The zero-order valence-corrected chi connectivity index (χ0v) is 11.2. The molecule has 2 N–H and O–H groups in total. The van der Waals surface area contributed by atoms with E-state index in [0.717, 1.165) is 19.4 Å². The summed E-state index contributed by atoms with van der Waals surface area (Å²) < 4.78 is 5.13. The van der Waals surface area contributed by atoms with Gasteiger partial charge in [0.15, 0.2) is 0 Å². The Labute approximate surface area is 107 Å². The number of hydrogen-bond donors (Lipinski definition) is 2. The van der Waals surface area contributed by atoms with Gasteiger partial charge in [-0.1, -0.05) is 0 Å². The van der Waals surface area contributed by atoms with Crippen molar-refractivity contribution < 1.29 is 19.4 Å². The van der Waals surface area contributed by atoms with Gasteiger partial charge in [-0.05, 0) is 40.2 Å². The van der Waals surface area contributed by atoms with Crippen molar-refractivity contribution in [2.75, 3.05) is 19.6 Å². The van der Waals surface area contributed by atoms with Crippen molar-refractivity contribution in [2.24, 2.45) is 0 Å². The van der Waals surface area contributed by atoms with Gasteiger partial charge >= 0.3 is 12.1 Å². The first-order chi connectivity index (χ1) is 8.28. The van der Waals surface area contributed by atoms with Crippen LogP contribution in [0.1, 0.15) is 33.6 Å². The van der Waals surface area contributed by atoms with Gasteiger partial charge in [-0.15, -0.1) is 0 Å². The highest BCUT2D eigenvalue weighted by atomic mass is 16.6. The van der Waals surface area contributed by atoms with Crippen LogP contribution in [0.3, 0.4) is 0 Å². The molecule has 0 radical (unpaired) electrons. The van der Waals surface area contributed by atoms with Gasteiger partial charge in [0.05, 0.1) is 6.54 Å². The number of amides is 1. The number of carbonyl (C=O) groups is 2. The van der Waals surface area contributed by atoms with Crippen LogP contribution in [-0.4, -0.2) is 53.3 Å². The number of carboxylic acids is 1. The van der Waals surface area contributed by atoms with Crippen molar-refractivity contribution in [1.82, 2.24) is 10.2 Å². The van der Waals surface area contributed by atoms with Gasteiger partial charge in [0.25, 0.3) is 0 Å². The summed E-state index contributed by atoms with van der Waals surface area (Å²) >= 11 is 0. The fraction of sp³-hybridized carbons (Fsp3) is 0.833. The van der Waals surface area contributed by atoms with E-state index in [1.54, 1.807) is 20.8 Å². The number of ether oxygens (including phenoxy) is 1. The smallest absolute Gasteiger partial charge is 0.407 e. The molecule has 0 unspecified atom stereocenters. The zero-order chi connectivity index (χ0) is 13.8. The van der Waals surface area contributed by atoms with Crippen LogP contribution in [0.4, 0.5) is 4.79 Å². The van der Waals surface area contributed by atoms with Crippen LogP contribution in [0.5, 0.6) is 0 Å². The van der Waals surface area contributed by atoms with Crippen LogP contribution < -0.4 is 5.32 Å². The largest absolute Gasteiger partial charge is 0.480 e. The van der Waals surface area contributed by atoms with Gasteiger partial charge in [-0.3, -0.25) is 9.69 Å². The van der Waals surface area contributed by atoms with Gasteiger partial charge in [0, 0.05) is 12.6 Å². The Kier molecular flexibility index (Phi) is 4.95. The Hall–Kier alpha value is -1.30. The third kappa shape index (κ3) is 5.35. The number of carbonyl (C=O) groups excluding carboxylic acids is 1. The number of nitrogens with one attached hydrogen (secondary N) is 1. The molecule has 1 amide bonds. The molecule has 1 fully saturated rings. The minimum atomic E-state index is -0.834. The first-order valence-corrected chi connectivity index (χ1v) is 6.20. The van der Waals surface area contributed by atoms with Crippen LogP contribution in [-0.2, 0) is 9.53 Å². The lowest BCUT2D eigenvalue weighted by atomic mass is 10.2. The van der Waals surface area contributed by atoms with Crippen LogP contribution in [0.2, 0.25) is 0 Å². The maximum absolute atomic E-state index is 11.5. The first-order valence-electron chi connectivity index (χ1n) is 6.20. The van der Waals surface area contributed by atoms with E-state index in [4.69, 9.17) is 9.84 Å². The lowest BCUT2D eigenvalue weighted by molar-refractivity contribution is -0.138. The third-order valence-electron chi connectivity index (χ3n) is 2.72. The average Bonchev–Trinajstić information content (AvgIpc) is 2.58. The van der Waals surface area contributed by atoms with E-state index in [9.17, 15) is 9.59 Å². The predicted molar refractivity (Wildman–Crippen MR) is 66.5 cm³/mol. The molecule has 0 aromatic carbocycles. The Morgan fingerprint density at radius 1 is 1.44 bits per heavy atom. The molecule has 0 spiro atoms. The summed E-state index contributed by atoms with van der Waals surface area (Å²) in [7, 11) is 0. The second kappa shape index (κ2) is 6.04.